The Bertz CT molecular complexity index is 2100. The van der Waals surface area contributed by atoms with Crippen LogP contribution in [0, 0.1) is 10.1 Å². The van der Waals surface area contributed by atoms with Crippen LogP contribution in [-0.4, -0.2) is 25.9 Å². The van der Waals surface area contributed by atoms with Crippen LogP contribution < -0.4 is 0 Å². The van der Waals surface area contributed by atoms with Crippen LogP contribution in [-0.2, 0) is 0 Å². The number of para-hydroxylation sites is 2. The van der Waals surface area contributed by atoms with Gasteiger partial charge < -0.3 is 4.42 Å². The van der Waals surface area contributed by atoms with Crippen molar-refractivity contribution in [2.75, 3.05) is 0 Å². The molecule has 0 saturated carbocycles. The number of aliphatic imine (C=N–C) groups is 1. The molecule has 2 aromatic heterocycles. The molecule has 0 aliphatic rings. The van der Waals surface area contributed by atoms with Gasteiger partial charge in [-0.25, -0.2) is 0 Å². The molecule has 0 N–H and O–H groups in total. The molecule has 0 aliphatic carbocycles. The summed E-state index contributed by atoms with van der Waals surface area (Å²) in [5.74, 6) is 0.650. The van der Waals surface area contributed by atoms with E-state index in [2.05, 4.69) is 15.2 Å². The maximum atomic E-state index is 12.1. The predicted octanol–water partition coefficient (Wildman–Crippen LogP) is 8.64. The van der Waals surface area contributed by atoms with E-state index in [1.165, 1.54) is 17.8 Å². The summed E-state index contributed by atoms with van der Waals surface area (Å²) in [7, 11) is 0. The van der Waals surface area contributed by atoms with Gasteiger partial charge in [-0.1, -0.05) is 72.8 Å². The van der Waals surface area contributed by atoms with Gasteiger partial charge in [0, 0.05) is 40.4 Å². The van der Waals surface area contributed by atoms with Crippen molar-refractivity contribution in [3.05, 3.63) is 137 Å². The average Bonchev–Trinajstić information content (AvgIpc) is 3.62. The second-order valence-electron chi connectivity index (χ2n) is 9.47. The van der Waals surface area contributed by atoms with Crippen molar-refractivity contribution in [2.45, 2.75) is 10.1 Å². The molecule has 0 atom stereocenters. The monoisotopic (exact) mass is 567 g/mol. The zero-order chi connectivity index (χ0) is 28.5. The van der Waals surface area contributed by atoms with Gasteiger partial charge in [-0.2, -0.15) is 0 Å². The third kappa shape index (κ3) is 4.82. The lowest BCUT2D eigenvalue weighted by Gasteiger charge is -2.10. The van der Waals surface area contributed by atoms with Crippen LogP contribution in [0.15, 0.2) is 141 Å². The Morgan fingerprint density at radius 3 is 2.33 bits per heavy atom. The van der Waals surface area contributed by atoms with Crippen molar-refractivity contribution in [2.24, 2.45) is 4.99 Å². The van der Waals surface area contributed by atoms with Crippen LogP contribution in [0.3, 0.4) is 0 Å². The Labute approximate surface area is 244 Å². The van der Waals surface area contributed by atoms with E-state index < -0.39 is 0 Å². The fourth-order valence-corrected chi connectivity index (χ4v) is 5.74. The summed E-state index contributed by atoms with van der Waals surface area (Å²) < 4.78 is 7.87. The van der Waals surface area contributed by atoms with Gasteiger partial charge in [-0.15, -0.1) is 10.2 Å². The smallest absolute Gasteiger partial charge is 0.283 e. The normalized spacial score (nSPS) is 11.5. The third-order valence-electron chi connectivity index (χ3n) is 6.79. The number of fused-ring (bicyclic) bond motifs is 3. The van der Waals surface area contributed by atoms with E-state index in [4.69, 9.17) is 4.42 Å². The summed E-state index contributed by atoms with van der Waals surface area (Å²) in [6.07, 6.45) is 1.62. The summed E-state index contributed by atoms with van der Waals surface area (Å²) in [6, 6.07) is 38.1. The van der Waals surface area contributed by atoms with Gasteiger partial charge in [0.15, 0.2) is 5.82 Å². The maximum absolute atomic E-state index is 12.1. The van der Waals surface area contributed by atoms with E-state index in [1.54, 1.807) is 18.3 Å². The number of nitro groups is 1. The zero-order valence-corrected chi connectivity index (χ0v) is 22.8. The zero-order valence-electron chi connectivity index (χ0n) is 22.0. The summed E-state index contributed by atoms with van der Waals surface area (Å²) in [5.41, 5.74) is 4.55. The van der Waals surface area contributed by atoms with Crippen molar-refractivity contribution in [1.29, 1.82) is 0 Å². The first-order chi connectivity index (χ1) is 20.6. The molecule has 0 aliphatic heterocycles. The largest absolute Gasteiger partial charge is 0.456 e. The van der Waals surface area contributed by atoms with Crippen LogP contribution in [0.5, 0.6) is 0 Å². The quantitative estimate of drug-likeness (QED) is 0.109. The van der Waals surface area contributed by atoms with E-state index in [1.807, 2.05) is 108 Å². The lowest BCUT2D eigenvalue weighted by molar-refractivity contribution is -0.387. The number of rotatable bonds is 7. The molecule has 8 nitrogen and oxygen atoms in total. The highest BCUT2D eigenvalue weighted by molar-refractivity contribution is 7.99. The van der Waals surface area contributed by atoms with Crippen molar-refractivity contribution < 1.29 is 9.34 Å². The third-order valence-corrected chi connectivity index (χ3v) is 7.80. The molecule has 0 amide bonds. The molecule has 0 fully saturated rings. The summed E-state index contributed by atoms with van der Waals surface area (Å²) in [6.45, 7) is 0. The van der Waals surface area contributed by atoms with E-state index in [9.17, 15) is 10.1 Å². The molecule has 0 saturated heterocycles. The van der Waals surface area contributed by atoms with E-state index >= 15 is 0 Å². The van der Waals surface area contributed by atoms with Gasteiger partial charge in [-0.05, 0) is 53.7 Å². The van der Waals surface area contributed by atoms with Crippen molar-refractivity contribution in [3.63, 3.8) is 0 Å². The van der Waals surface area contributed by atoms with Crippen LogP contribution in [0.4, 0.5) is 11.4 Å². The topological polar surface area (TPSA) is 99.3 Å². The molecule has 2 heterocycles. The highest BCUT2D eigenvalue weighted by Crippen LogP contribution is 2.37. The van der Waals surface area contributed by atoms with E-state index in [-0.39, 0.29) is 10.6 Å². The number of hydrogen-bond donors (Lipinski definition) is 0. The van der Waals surface area contributed by atoms with Gasteiger partial charge in [-0.3, -0.25) is 19.7 Å². The average molecular weight is 568 g/mol. The lowest BCUT2D eigenvalue weighted by atomic mass is 10.1. The number of nitrogens with zero attached hydrogens (tertiary/aromatic N) is 5. The van der Waals surface area contributed by atoms with E-state index in [0.29, 0.717) is 27.1 Å². The van der Waals surface area contributed by atoms with Crippen molar-refractivity contribution in [3.8, 4) is 17.1 Å². The molecule has 9 heteroatoms. The van der Waals surface area contributed by atoms with Crippen LogP contribution >= 0.6 is 11.8 Å². The fraction of sp³-hybridized carbons (Fsp3) is 0. The molecule has 0 spiro atoms. The number of benzene rings is 5. The van der Waals surface area contributed by atoms with Crippen LogP contribution in [0.1, 0.15) is 5.56 Å². The Kier molecular flexibility index (Phi) is 6.54. The predicted molar refractivity (Wildman–Crippen MR) is 165 cm³/mol. The second-order valence-corrected chi connectivity index (χ2v) is 10.5. The standard InChI is InChI=1S/C33H21N5O3S/c39-38(40)28-19-22(21-34-24-16-17-27-26-13-7-8-14-29(26)41-30(27)20-24)15-18-31(28)42-33-36-35-32(23-9-3-1-4-10-23)37(33)25-11-5-2-6-12-25/h1-21H. The first-order valence-corrected chi connectivity index (χ1v) is 13.9. The summed E-state index contributed by atoms with van der Waals surface area (Å²) in [4.78, 5) is 16.8. The molecule has 7 rings (SSSR count). The van der Waals surface area contributed by atoms with Gasteiger partial charge in [0.25, 0.3) is 5.69 Å². The fourth-order valence-electron chi connectivity index (χ4n) is 4.81. The number of aromatic nitrogens is 3. The van der Waals surface area contributed by atoms with Gasteiger partial charge >= 0.3 is 0 Å². The Balaban J connectivity index is 1.21. The first-order valence-electron chi connectivity index (χ1n) is 13.1. The number of furan rings is 1. The lowest BCUT2D eigenvalue weighted by Crippen LogP contribution is -2.00. The number of hydrogen-bond acceptors (Lipinski definition) is 7. The minimum absolute atomic E-state index is 0.0411. The maximum Gasteiger partial charge on any atom is 0.283 e. The molecule has 202 valence electrons. The van der Waals surface area contributed by atoms with Gasteiger partial charge in [0.2, 0.25) is 5.16 Å². The van der Waals surface area contributed by atoms with Crippen molar-refractivity contribution >= 4 is 51.3 Å². The summed E-state index contributed by atoms with van der Waals surface area (Å²) >= 11 is 1.20. The van der Waals surface area contributed by atoms with Crippen LogP contribution in [0.2, 0.25) is 0 Å². The number of nitro benzene ring substituents is 1. The highest BCUT2D eigenvalue weighted by atomic mass is 32.2. The minimum Gasteiger partial charge on any atom is -0.456 e. The molecule has 0 radical (unpaired) electrons. The Morgan fingerprint density at radius 2 is 1.52 bits per heavy atom. The first kappa shape index (κ1) is 25.4. The van der Waals surface area contributed by atoms with Gasteiger partial charge in [0.1, 0.15) is 11.2 Å². The Morgan fingerprint density at radius 1 is 0.786 bits per heavy atom. The summed E-state index contributed by atoms with van der Waals surface area (Å²) in [5, 5.41) is 23.6. The van der Waals surface area contributed by atoms with Crippen molar-refractivity contribution in [1.82, 2.24) is 14.8 Å². The molecular weight excluding hydrogens is 546 g/mol. The molecular formula is C33H21N5O3S. The molecule has 0 bridgehead atoms. The molecule has 7 aromatic rings. The van der Waals surface area contributed by atoms with Crippen LogP contribution in [0.25, 0.3) is 39.0 Å². The Hall–Kier alpha value is -5.54. The minimum atomic E-state index is -0.387. The SMILES string of the molecule is O=[N+]([O-])c1cc(C=Nc2ccc3c(c2)oc2ccccc23)ccc1Sc1nnc(-c2ccccc2)n1-c1ccccc1. The second kappa shape index (κ2) is 10.8. The molecule has 5 aromatic carbocycles. The van der Waals surface area contributed by atoms with Gasteiger partial charge in [0.05, 0.1) is 15.5 Å². The molecule has 0 unspecified atom stereocenters. The van der Waals surface area contributed by atoms with E-state index in [0.717, 1.165) is 33.2 Å². The molecule has 42 heavy (non-hydrogen) atoms. The highest BCUT2D eigenvalue weighted by Gasteiger charge is 2.21.